The van der Waals surface area contributed by atoms with E-state index < -0.39 is 0 Å². The fourth-order valence-electron chi connectivity index (χ4n) is 0.711. The minimum absolute atomic E-state index is 0.321. The van der Waals surface area contributed by atoms with Crippen LogP contribution < -0.4 is 11.1 Å². The first-order valence-electron chi connectivity index (χ1n) is 3.18. The monoisotopic (exact) mass is 167 g/mol. The molecule has 1 aromatic rings. The van der Waals surface area contributed by atoms with E-state index >= 15 is 0 Å². The van der Waals surface area contributed by atoms with Gasteiger partial charge < -0.3 is 11.1 Å². The van der Waals surface area contributed by atoms with Crippen LogP contribution in [0.5, 0.6) is 0 Å². The molecule has 4 heteroatoms. The third-order valence-electron chi connectivity index (χ3n) is 1.26. The van der Waals surface area contributed by atoms with Gasteiger partial charge in [-0.1, -0.05) is 18.3 Å². The van der Waals surface area contributed by atoms with Crippen LogP contribution in [-0.4, -0.2) is 17.0 Å². The Morgan fingerprint density at radius 1 is 1.64 bits per heavy atom. The minimum Gasteiger partial charge on any atom is -0.388 e. The van der Waals surface area contributed by atoms with Crippen molar-refractivity contribution in [2.75, 3.05) is 12.4 Å². The average molecular weight is 167 g/mol. The molecule has 0 atom stereocenters. The van der Waals surface area contributed by atoms with Gasteiger partial charge in [-0.05, 0) is 12.1 Å². The molecular formula is C7H9N3S. The van der Waals surface area contributed by atoms with Crippen LogP contribution >= 0.6 is 12.2 Å². The molecule has 1 aromatic heterocycles. The van der Waals surface area contributed by atoms with Crippen molar-refractivity contribution in [2.24, 2.45) is 5.73 Å². The van der Waals surface area contributed by atoms with Crippen molar-refractivity contribution < 1.29 is 0 Å². The van der Waals surface area contributed by atoms with E-state index in [9.17, 15) is 0 Å². The zero-order valence-electron chi connectivity index (χ0n) is 6.16. The second-order valence-electron chi connectivity index (χ2n) is 2.02. The van der Waals surface area contributed by atoms with Crippen molar-refractivity contribution in [3.8, 4) is 0 Å². The predicted molar refractivity (Wildman–Crippen MR) is 49.7 cm³/mol. The normalized spacial score (nSPS) is 9.18. The van der Waals surface area contributed by atoms with Crippen molar-refractivity contribution in [1.82, 2.24) is 4.98 Å². The quantitative estimate of drug-likeness (QED) is 0.638. The van der Waals surface area contributed by atoms with E-state index in [-0.39, 0.29) is 0 Å². The number of anilines is 1. The van der Waals surface area contributed by atoms with Gasteiger partial charge in [0, 0.05) is 7.05 Å². The first-order chi connectivity index (χ1) is 5.24. The highest BCUT2D eigenvalue weighted by molar-refractivity contribution is 7.80. The van der Waals surface area contributed by atoms with Crippen LogP contribution in [0.1, 0.15) is 5.69 Å². The molecule has 0 saturated heterocycles. The molecule has 0 aliphatic carbocycles. The molecule has 0 amide bonds. The minimum atomic E-state index is 0.321. The highest BCUT2D eigenvalue weighted by atomic mass is 32.1. The van der Waals surface area contributed by atoms with Crippen LogP contribution in [0.15, 0.2) is 18.2 Å². The van der Waals surface area contributed by atoms with E-state index in [4.69, 9.17) is 18.0 Å². The summed E-state index contributed by atoms with van der Waals surface area (Å²) in [6.07, 6.45) is 0. The molecule has 0 aromatic carbocycles. The summed E-state index contributed by atoms with van der Waals surface area (Å²) >= 11 is 4.76. The van der Waals surface area contributed by atoms with E-state index in [1.165, 1.54) is 0 Å². The zero-order chi connectivity index (χ0) is 8.27. The maximum absolute atomic E-state index is 5.38. The Kier molecular flexibility index (Phi) is 2.38. The Bertz CT molecular complexity index is 272. The largest absolute Gasteiger partial charge is 0.388 e. The van der Waals surface area contributed by atoms with Gasteiger partial charge in [-0.25, -0.2) is 4.98 Å². The number of nitrogens with zero attached hydrogens (tertiary/aromatic N) is 1. The maximum atomic E-state index is 5.38. The van der Waals surface area contributed by atoms with Gasteiger partial charge in [0.05, 0.1) is 5.69 Å². The first kappa shape index (κ1) is 7.94. The highest BCUT2D eigenvalue weighted by Gasteiger charge is 1.96. The molecule has 0 aliphatic heterocycles. The molecular weight excluding hydrogens is 158 g/mol. The van der Waals surface area contributed by atoms with Gasteiger partial charge in [0.15, 0.2) is 0 Å². The molecule has 0 bridgehead atoms. The van der Waals surface area contributed by atoms with E-state index in [2.05, 4.69) is 10.3 Å². The number of hydrogen-bond donors (Lipinski definition) is 2. The summed E-state index contributed by atoms with van der Waals surface area (Å²) in [5.74, 6) is 0.773. The molecule has 58 valence electrons. The Morgan fingerprint density at radius 2 is 2.36 bits per heavy atom. The van der Waals surface area contributed by atoms with E-state index in [0.29, 0.717) is 10.7 Å². The molecule has 0 saturated carbocycles. The van der Waals surface area contributed by atoms with E-state index in [1.54, 1.807) is 13.1 Å². The van der Waals surface area contributed by atoms with Gasteiger partial charge in [-0.3, -0.25) is 0 Å². The van der Waals surface area contributed by atoms with Crippen LogP contribution in [-0.2, 0) is 0 Å². The van der Waals surface area contributed by atoms with Crippen molar-refractivity contribution in [1.29, 1.82) is 0 Å². The van der Waals surface area contributed by atoms with E-state index in [0.717, 1.165) is 5.82 Å². The molecule has 0 unspecified atom stereocenters. The summed E-state index contributed by atoms with van der Waals surface area (Å²) in [4.78, 5) is 4.43. The van der Waals surface area contributed by atoms with Gasteiger partial charge in [-0.2, -0.15) is 0 Å². The van der Waals surface area contributed by atoms with Gasteiger partial charge in [-0.15, -0.1) is 0 Å². The molecule has 3 nitrogen and oxygen atoms in total. The zero-order valence-corrected chi connectivity index (χ0v) is 6.98. The summed E-state index contributed by atoms with van der Waals surface area (Å²) < 4.78 is 0. The van der Waals surface area contributed by atoms with Gasteiger partial charge in [0.2, 0.25) is 0 Å². The predicted octanol–water partition coefficient (Wildman–Crippen LogP) is 0.758. The number of nitrogens with two attached hydrogens (primary N) is 1. The number of aromatic nitrogens is 1. The topological polar surface area (TPSA) is 50.9 Å². The lowest BCUT2D eigenvalue weighted by molar-refractivity contribution is 1.26. The Labute approximate surface area is 70.6 Å². The van der Waals surface area contributed by atoms with Gasteiger partial charge >= 0.3 is 0 Å². The fourth-order valence-corrected chi connectivity index (χ4v) is 0.825. The Balaban J connectivity index is 3.01. The van der Waals surface area contributed by atoms with Gasteiger partial charge in [0.25, 0.3) is 0 Å². The number of rotatable bonds is 2. The molecule has 11 heavy (non-hydrogen) atoms. The molecule has 3 N–H and O–H groups in total. The summed E-state index contributed by atoms with van der Waals surface area (Å²) in [5.41, 5.74) is 6.02. The summed E-state index contributed by atoms with van der Waals surface area (Å²) in [7, 11) is 1.80. The van der Waals surface area contributed by atoms with Crippen LogP contribution in [0.25, 0.3) is 0 Å². The molecule has 0 fully saturated rings. The summed E-state index contributed by atoms with van der Waals surface area (Å²) in [6.45, 7) is 0. The third-order valence-corrected chi connectivity index (χ3v) is 1.47. The highest BCUT2D eigenvalue weighted by Crippen LogP contribution is 2.02. The van der Waals surface area contributed by atoms with Crippen LogP contribution in [0.4, 0.5) is 5.82 Å². The van der Waals surface area contributed by atoms with Crippen LogP contribution in [0.3, 0.4) is 0 Å². The standard InChI is InChI=1S/C7H9N3S/c1-9-6-4-2-3-5(10-6)7(8)11/h2-4H,1H3,(H2,8,11)(H,9,10). The number of thiocarbonyl (C=S) groups is 1. The second-order valence-corrected chi connectivity index (χ2v) is 2.46. The lowest BCUT2D eigenvalue weighted by atomic mass is 10.3. The summed E-state index contributed by atoms with van der Waals surface area (Å²) in [5, 5.41) is 2.90. The molecule has 0 radical (unpaired) electrons. The summed E-state index contributed by atoms with van der Waals surface area (Å²) in [6, 6.07) is 5.48. The number of pyridine rings is 1. The van der Waals surface area contributed by atoms with Gasteiger partial charge in [0.1, 0.15) is 10.8 Å². The molecule has 0 aliphatic rings. The molecule has 0 spiro atoms. The van der Waals surface area contributed by atoms with Crippen LogP contribution in [0, 0.1) is 0 Å². The van der Waals surface area contributed by atoms with Crippen molar-refractivity contribution in [3.05, 3.63) is 23.9 Å². The third kappa shape index (κ3) is 1.88. The SMILES string of the molecule is CNc1cccc(C(N)=S)n1. The number of hydrogen-bond acceptors (Lipinski definition) is 3. The smallest absolute Gasteiger partial charge is 0.126 e. The number of nitrogens with one attached hydrogen (secondary N) is 1. The Hall–Kier alpha value is -1.16. The fraction of sp³-hybridized carbons (Fsp3) is 0.143. The second kappa shape index (κ2) is 3.30. The Morgan fingerprint density at radius 3 is 2.91 bits per heavy atom. The maximum Gasteiger partial charge on any atom is 0.126 e. The van der Waals surface area contributed by atoms with Crippen LogP contribution in [0.2, 0.25) is 0 Å². The van der Waals surface area contributed by atoms with Crippen molar-refractivity contribution in [2.45, 2.75) is 0 Å². The first-order valence-corrected chi connectivity index (χ1v) is 3.59. The average Bonchev–Trinajstić information content (AvgIpc) is 2.05. The van der Waals surface area contributed by atoms with E-state index in [1.807, 2.05) is 12.1 Å². The van der Waals surface area contributed by atoms with Crippen molar-refractivity contribution in [3.63, 3.8) is 0 Å². The molecule has 1 rings (SSSR count). The van der Waals surface area contributed by atoms with Crippen molar-refractivity contribution >= 4 is 23.0 Å². The lowest BCUT2D eigenvalue weighted by Crippen LogP contribution is -2.11. The lowest BCUT2D eigenvalue weighted by Gasteiger charge is -2.00. The molecule has 1 heterocycles.